The van der Waals surface area contributed by atoms with Crippen LogP contribution in [0.3, 0.4) is 0 Å². The first-order chi connectivity index (χ1) is 9.13. The van der Waals surface area contributed by atoms with E-state index in [0.29, 0.717) is 13.3 Å². The number of aliphatic hydroxyl groups excluding tert-OH is 3. The van der Waals surface area contributed by atoms with Crippen molar-refractivity contribution < 1.29 is 20.1 Å². The Balaban J connectivity index is 1.73. The third-order valence-electron chi connectivity index (χ3n) is 4.09. The number of hydrogen-bond donors (Lipinski definition) is 7. The number of nitrogens with one attached hydrogen (secondary N) is 3. The van der Waals surface area contributed by atoms with Gasteiger partial charge in [-0.15, -0.1) is 0 Å². The Morgan fingerprint density at radius 2 is 2.00 bits per heavy atom. The summed E-state index contributed by atoms with van der Waals surface area (Å²) in [7, 11) is 0. The minimum absolute atomic E-state index is 0.00475. The predicted molar refractivity (Wildman–Crippen MR) is 64.3 cm³/mol. The number of fused-ring (bicyclic) bond motifs is 1. The number of rotatable bonds is 2. The highest BCUT2D eigenvalue weighted by molar-refractivity contribution is 5.01. The van der Waals surface area contributed by atoms with Gasteiger partial charge in [-0.05, 0) is 0 Å². The molecule has 3 saturated heterocycles. The standard InChI is InChI=1S/C10H21N5O4/c11-8-5-9(13-2-12-8)15(3-14-5)10-7(18)6(17)4(1-16)19-10/h4-10,12-14,16-18H,1-3,11H2/t4-,5?,6?,7?,8?,9?,10-/m1/s1. The lowest BCUT2D eigenvalue weighted by atomic mass is 10.1. The van der Waals surface area contributed by atoms with Crippen molar-refractivity contribution in [3.8, 4) is 0 Å². The summed E-state index contributed by atoms with van der Waals surface area (Å²) in [6, 6.07) is -0.00475. The van der Waals surface area contributed by atoms with Gasteiger partial charge in [0.2, 0.25) is 0 Å². The Hall–Kier alpha value is -0.360. The summed E-state index contributed by atoms with van der Waals surface area (Å²) in [5, 5.41) is 38.5. The van der Waals surface area contributed by atoms with E-state index < -0.39 is 24.5 Å². The van der Waals surface area contributed by atoms with Crippen molar-refractivity contribution in [1.29, 1.82) is 0 Å². The van der Waals surface area contributed by atoms with Crippen LogP contribution in [0.1, 0.15) is 0 Å². The average molecular weight is 275 g/mol. The Morgan fingerprint density at radius 1 is 1.21 bits per heavy atom. The second-order valence-corrected chi connectivity index (χ2v) is 5.19. The van der Waals surface area contributed by atoms with E-state index in [2.05, 4.69) is 16.0 Å². The van der Waals surface area contributed by atoms with Crippen molar-refractivity contribution in [3.63, 3.8) is 0 Å². The molecule has 0 aromatic rings. The monoisotopic (exact) mass is 275 g/mol. The van der Waals surface area contributed by atoms with E-state index in [1.807, 2.05) is 4.90 Å². The van der Waals surface area contributed by atoms with Gasteiger partial charge in [-0.2, -0.15) is 0 Å². The first-order valence-electron chi connectivity index (χ1n) is 6.47. The molecule has 0 aliphatic carbocycles. The highest BCUT2D eigenvalue weighted by atomic mass is 16.6. The van der Waals surface area contributed by atoms with Crippen LogP contribution in [-0.2, 0) is 4.74 Å². The van der Waals surface area contributed by atoms with Crippen molar-refractivity contribution in [2.24, 2.45) is 5.73 Å². The van der Waals surface area contributed by atoms with Gasteiger partial charge in [0, 0.05) is 6.67 Å². The van der Waals surface area contributed by atoms with E-state index in [0.717, 1.165) is 0 Å². The number of aliphatic hydroxyl groups is 3. The van der Waals surface area contributed by atoms with Gasteiger partial charge in [0.1, 0.15) is 24.5 Å². The molecule has 3 heterocycles. The second-order valence-electron chi connectivity index (χ2n) is 5.19. The Morgan fingerprint density at radius 3 is 2.68 bits per heavy atom. The number of nitrogens with zero attached hydrogens (tertiary/aromatic N) is 1. The molecule has 9 heteroatoms. The van der Waals surface area contributed by atoms with Crippen LogP contribution in [0.15, 0.2) is 0 Å². The molecule has 5 unspecified atom stereocenters. The maximum atomic E-state index is 10.0. The molecule has 0 saturated carbocycles. The molecule has 0 aromatic heterocycles. The molecule has 3 aliphatic rings. The van der Waals surface area contributed by atoms with Gasteiger partial charge in [0.25, 0.3) is 0 Å². The van der Waals surface area contributed by atoms with Gasteiger partial charge in [-0.3, -0.25) is 16.0 Å². The van der Waals surface area contributed by atoms with Crippen LogP contribution in [0.25, 0.3) is 0 Å². The molecule has 0 amide bonds. The minimum Gasteiger partial charge on any atom is -0.394 e. The topological polar surface area (TPSA) is 135 Å². The molecule has 0 spiro atoms. The molecule has 110 valence electrons. The van der Waals surface area contributed by atoms with Crippen molar-refractivity contribution in [1.82, 2.24) is 20.9 Å². The highest BCUT2D eigenvalue weighted by Crippen LogP contribution is 2.27. The molecule has 0 aromatic carbocycles. The summed E-state index contributed by atoms with van der Waals surface area (Å²) >= 11 is 0. The number of hydrogen-bond acceptors (Lipinski definition) is 9. The summed E-state index contributed by atoms with van der Waals surface area (Å²) < 4.78 is 5.54. The van der Waals surface area contributed by atoms with E-state index in [4.69, 9.17) is 15.6 Å². The Bertz CT molecular complexity index is 335. The summed E-state index contributed by atoms with van der Waals surface area (Å²) in [6.07, 6.45) is -3.81. The van der Waals surface area contributed by atoms with E-state index in [9.17, 15) is 10.2 Å². The average Bonchev–Trinajstić information content (AvgIpc) is 2.94. The first-order valence-corrected chi connectivity index (χ1v) is 6.47. The van der Waals surface area contributed by atoms with Gasteiger partial charge in [-0.25, -0.2) is 4.90 Å². The SMILES string of the molecule is NC1NCNC2C1NCN2[C@@H]1O[C@H](CO)C(O)C1O. The van der Waals surface area contributed by atoms with Gasteiger partial charge in [-0.1, -0.05) is 0 Å². The lowest BCUT2D eigenvalue weighted by Gasteiger charge is -2.38. The molecule has 7 atom stereocenters. The lowest BCUT2D eigenvalue weighted by molar-refractivity contribution is -0.110. The maximum absolute atomic E-state index is 10.0. The highest BCUT2D eigenvalue weighted by Gasteiger charge is 2.51. The van der Waals surface area contributed by atoms with E-state index in [-0.39, 0.29) is 25.0 Å². The van der Waals surface area contributed by atoms with E-state index in [1.54, 1.807) is 0 Å². The van der Waals surface area contributed by atoms with Crippen LogP contribution < -0.4 is 21.7 Å². The van der Waals surface area contributed by atoms with E-state index in [1.165, 1.54) is 0 Å². The third kappa shape index (κ3) is 2.17. The second kappa shape index (κ2) is 5.20. The summed E-state index contributed by atoms with van der Waals surface area (Å²) in [5.41, 5.74) is 5.96. The van der Waals surface area contributed by atoms with Gasteiger partial charge < -0.3 is 25.8 Å². The van der Waals surface area contributed by atoms with Gasteiger partial charge in [0.15, 0.2) is 0 Å². The lowest BCUT2D eigenvalue weighted by Crippen LogP contribution is -2.68. The molecule has 9 nitrogen and oxygen atoms in total. The smallest absolute Gasteiger partial charge is 0.142 e. The van der Waals surface area contributed by atoms with Crippen molar-refractivity contribution in [2.75, 3.05) is 19.9 Å². The molecule has 3 fully saturated rings. The maximum Gasteiger partial charge on any atom is 0.142 e. The Kier molecular flexibility index (Phi) is 3.73. The number of ether oxygens (including phenoxy) is 1. The van der Waals surface area contributed by atoms with Crippen LogP contribution in [-0.4, -0.2) is 83.1 Å². The van der Waals surface area contributed by atoms with Crippen LogP contribution in [0.4, 0.5) is 0 Å². The molecule has 0 radical (unpaired) electrons. The summed E-state index contributed by atoms with van der Waals surface area (Å²) in [4.78, 5) is 1.88. The van der Waals surface area contributed by atoms with Crippen LogP contribution in [0.2, 0.25) is 0 Å². The zero-order valence-corrected chi connectivity index (χ0v) is 10.4. The quantitative estimate of drug-likeness (QED) is 0.266. The van der Waals surface area contributed by atoms with Crippen molar-refractivity contribution in [3.05, 3.63) is 0 Å². The molecular formula is C10H21N5O4. The van der Waals surface area contributed by atoms with E-state index >= 15 is 0 Å². The van der Waals surface area contributed by atoms with Crippen LogP contribution in [0.5, 0.6) is 0 Å². The van der Waals surface area contributed by atoms with Gasteiger partial charge in [0.05, 0.1) is 31.6 Å². The number of nitrogens with two attached hydrogens (primary N) is 1. The van der Waals surface area contributed by atoms with Crippen LogP contribution in [0, 0.1) is 0 Å². The summed E-state index contributed by atoms with van der Waals surface area (Å²) in [5.74, 6) is 0. The van der Waals surface area contributed by atoms with Gasteiger partial charge >= 0.3 is 0 Å². The van der Waals surface area contributed by atoms with Crippen molar-refractivity contribution in [2.45, 2.75) is 42.9 Å². The first kappa shape index (κ1) is 13.6. The molecule has 19 heavy (non-hydrogen) atoms. The van der Waals surface area contributed by atoms with Crippen LogP contribution >= 0.6 is 0 Å². The van der Waals surface area contributed by atoms with Crippen molar-refractivity contribution >= 4 is 0 Å². The zero-order valence-electron chi connectivity index (χ0n) is 10.4. The molecule has 3 aliphatic heterocycles. The predicted octanol–water partition coefficient (Wildman–Crippen LogP) is -4.58. The Labute approximate surface area is 110 Å². The molecule has 3 rings (SSSR count). The fraction of sp³-hybridized carbons (Fsp3) is 1.00. The minimum atomic E-state index is -1.08. The zero-order chi connectivity index (χ0) is 13.6. The fourth-order valence-electron chi connectivity index (χ4n) is 3.01. The molecule has 0 bridgehead atoms. The molecular weight excluding hydrogens is 254 g/mol. The normalized spacial score (nSPS) is 51.5. The largest absolute Gasteiger partial charge is 0.394 e. The molecule has 8 N–H and O–H groups in total. The third-order valence-corrected chi connectivity index (χ3v) is 4.09. The summed E-state index contributed by atoms with van der Waals surface area (Å²) in [6.45, 7) is 0.734. The fourth-order valence-corrected chi connectivity index (χ4v) is 3.01.